The second-order valence-corrected chi connectivity index (χ2v) is 5.00. The molecule has 0 radical (unpaired) electrons. The van der Waals surface area contributed by atoms with Gasteiger partial charge >= 0.3 is 0 Å². The minimum absolute atomic E-state index is 0.156. The molecule has 6 unspecified atom stereocenters. The van der Waals surface area contributed by atoms with E-state index < -0.39 is 48.8 Å². The zero-order chi connectivity index (χ0) is 16.8. The van der Waals surface area contributed by atoms with Gasteiger partial charge in [-0.25, -0.2) is 0 Å². The third kappa shape index (κ3) is 5.65. The second kappa shape index (κ2) is 8.37. The van der Waals surface area contributed by atoms with Gasteiger partial charge in [0.15, 0.2) is 5.79 Å². The van der Waals surface area contributed by atoms with Gasteiger partial charge in [-0.1, -0.05) is 0 Å². The fraction of sp³-hybridized carbons (Fsp3) is 0.833. The molecule has 1 aliphatic rings. The van der Waals surface area contributed by atoms with Gasteiger partial charge in [0.1, 0.15) is 25.1 Å². The quantitative estimate of drug-likeness (QED) is 0.318. The molecule has 0 aromatic carbocycles. The molecule has 1 aliphatic heterocycles. The van der Waals surface area contributed by atoms with Crippen LogP contribution in [0.4, 0.5) is 0 Å². The monoisotopic (exact) mass is 309 g/mol. The number of carbonyl (C=O) groups is 2. The lowest BCUT2D eigenvalue weighted by molar-refractivity contribution is -0.292. The van der Waals surface area contributed by atoms with Crippen molar-refractivity contribution < 1.29 is 39.9 Å². The number of rotatable bonds is 4. The van der Waals surface area contributed by atoms with Crippen molar-refractivity contribution in [1.29, 1.82) is 0 Å². The maximum absolute atomic E-state index is 11.1. The molecule has 6 N–H and O–H groups in total. The third-order valence-corrected chi connectivity index (χ3v) is 3.03. The van der Waals surface area contributed by atoms with Crippen LogP contribution in [0.15, 0.2) is 0 Å². The van der Waals surface area contributed by atoms with Crippen LogP contribution < -0.4 is 5.32 Å². The van der Waals surface area contributed by atoms with E-state index in [0.29, 0.717) is 0 Å². The predicted octanol–water partition coefficient (Wildman–Crippen LogP) is -3.12. The van der Waals surface area contributed by atoms with Gasteiger partial charge in [0.05, 0.1) is 18.8 Å². The first kappa shape index (κ1) is 19.9. The van der Waals surface area contributed by atoms with Gasteiger partial charge in [-0.05, 0) is 6.92 Å². The van der Waals surface area contributed by atoms with Crippen LogP contribution >= 0.6 is 0 Å². The van der Waals surface area contributed by atoms with Crippen LogP contribution in [0.5, 0.6) is 0 Å². The van der Waals surface area contributed by atoms with E-state index in [0.717, 1.165) is 0 Å². The van der Waals surface area contributed by atoms with E-state index in [9.17, 15) is 25.2 Å². The molecule has 0 saturated carbocycles. The summed E-state index contributed by atoms with van der Waals surface area (Å²) >= 11 is 0. The van der Waals surface area contributed by atoms with E-state index in [-0.39, 0.29) is 6.42 Å². The van der Waals surface area contributed by atoms with Crippen molar-refractivity contribution in [3.63, 3.8) is 0 Å². The number of carbonyl (C=O) groups excluding carboxylic acids is 2. The van der Waals surface area contributed by atoms with Crippen LogP contribution in [0.1, 0.15) is 20.3 Å². The summed E-state index contributed by atoms with van der Waals surface area (Å²) < 4.78 is 5.20. The Morgan fingerprint density at radius 1 is 1.48 bits per heavy atom. The molecule has 1 rings (SSSR count). The van der Waals surface area contributed by atoms with E-state index in [1.54, 1.807) is 0 Å². The fourth-order valence-electron chi connectivity index (χ4n) is 2.17. The molecule has 1 saturated heterocycles. The first-order chi connectivity index (χ1) is 9.68. The highest BCUT2D eigenvalue weighted by Crippen LogP contribution is 2.29. The molecule has 9 nitrogen and oxygen atoms in total. The van der Waals surface area contributed by atoms with Gasteiger partial charge in [0, 0.05) is 13.3 Å². The van der Waals surface area contributed by atoms with Crippen molar-refractivity contribution in [1.82, 2.24) is 5.32 Å². The molecule has 0 bridgehead atoms. The molecule has 0 aliphatic carbocycles. The standard InChI is InChI=1S/C11H21NO7.CH2O/c1-5(14)12-8-6(15)3-11(2,18)19-10(8)9(17)7(16)4-13;1-2/h6-10,13,15-18H,3-4H2,1-2H3,(H,12,14);1H2. The van der Waals surface area contributed by atoms with Crippen LogP contribution in [-0.4, -0.2) is 81.1 Å². The van der Waals surface area contributed by atoms with Crippen molar-refractivity contribution >= 4 is 12.7 Å². The second-order valence-electron chi connectivity index (χ2n) is 5.00. The van der Waals surface area contributed by atoms with Gasteiger partial charge < -0.3 is 40.4 Å². The van der Waals surface area contributed by atoms with Crippen LogP contribution in [0.3, 0.4) is 0 Å². The fourth-order valence-corrected chi connectivity index (χ4v) is 2.17. The van der Waals surface area contributed by atoms with Crippen LogP contribution in [0.25, 0.3) is 0 Å². The molecule has 0 aromatic heterocycles. The molecular formula is C12H23NO8. The van der Waals surface area contributed by atoms with Crippen molar-refractivity contribution in [2.24, 2.45) is 0 Å². The predicted molar refractivity (Wildman–Crippen MR) is 69.9 cm³/mol. The molecule has 124 valence electrons. The molecule has 9 heteroatoms. The van der Waals surface area contributed by atoms with Crippen molar-refractivity contribution in [2.75, 3.05) is 6.61 Å². The number of aliphatic hydroxyl groups excluding tert-OH is 4. The molecular weight excluding hydrogens is 286 g/mol. The molecule has 1 fully saturated rings. The maximum atomic E-state index is 11.1. The molecule has 21 heavy (non-hydrogen) atoms. The van der Waals surface area contributed by atoms with E-state index in [1.807, 2.05) is 6.79 Å². The topological polar surface area (TPSA) is 157 Å². The highest BCUT2D eigenvalue weighted by atomic mass is 16.6. The van der Waals surface area contributed by atoms with Crippen LogP contribution in [0.2, 0.25) is 0 Å². The first-order valence-corrected chi connectivity index (χ1v) is 6.29. The number of hydrogen-bond acceptors (Lipinski definition) is 8. The van der Waals surface area contributed by atoms with Crippen molar-refractivity contribution in [3.05, 3.63) is 0 Å². The summed E-state index contributed by atoms with van der Waals surface area (Å²) in [7, 11) is 0. The summed E-state index contributed by atoms with van der Waals surface area (Å²) in [4.78, 5) is 19.1. The number of amides is 1. The Morgan fingerprint density at radius 2 is 2.00 bits per heavy atom. The molecule has 6 atom stereocenters. The summed E-state index contributed by atoms with van der Waals surface area (Å²) in [5, 5.41) is 50.3. The molecule has 0 aromatic rings. The van der Waals surface area contributed by atoms with Crippen molar-refractivity contribution in [2.45, 2.75) is 56.5 Å². The maximum Gasteiger partial charge on any atom is 0.217 e. The summed E-state index contributed by atoms with van der Waals surface area (Å²) in [6.07, 6.45) is -5.63. The summed E-state index contributed by atoms with van der Waals surface area (Å²) in [5.74, 6) is -2.15. The summed E-state index contributed by atoms with van der Waals surface area (Å²) in [6, 6.07) is -0.992. The minimum Gasteiger partial charge on any atom is -0.394 e. The zero-order valence-corrected chi connectivity index (χ0v) is 12.0. The average Bonchev–Trinajstić information content (AvgIpc) is 2.41. The Balaban J connectivity index is 0.00000191. The first-order valence-electron chi connectivity index (χ1n) is 6.29. The Bertz CT molecular complexity index is 337. The van der Waals surface area contributed by atoms with E-state index in [4.69, 9.17) is 14.6 Å². The molecule has 1 heterocycles. The van der Waals surface area contributed by atoms with E-state index in [2.05, 4.69) is 5.32 Å². The van der Waals surface area contributed by atoms with Crippen LogP contribution in [-0.2, 0) is 14.3 Å². The molecule has 1 amide bonds. The lowest BCUT2D eigenvalue weighted by Crippen LogP contribution is -2.65. The Morgan fingerprint density at radius 3 is 2.43 bits per heavy atom. The molecule has 0 spiro atoms. The number of nitrogens with one attached hydrogen (secondary N) is 1. The van der Waals surface area contributed by atoms with Crippen LogP contribution in [0, 0.1) is 0 Å². The summed E-state index contributed by atoms with van der Waals surface area (Å²) in [5.41, 5.74) is 0. The summed E-state index contributed by atoms with van der Waals surface area (Å²) in [6.45, 7) is 3.81. The van der Waals surface area contributed by atoms with Gasteiger partial charge in [-0.15, -0.1) is 0 Å². The van der Waals surface area contributed by atoms with E-state index in [1.165, 1.54) is 13.8 Å². The lowest BCUT2D eigenvalue weighted by atomic mass is 9.89. The Hall–Kier alpha value is -1.10. The van der Waals surface area contributed by atoms with E-state index >= 15 is 0 Å². The highest BCUT2D eigenvalue weighted by Gasteiger charge is 2.47. The average molecular weight is 309 g/mol. The Labute approximate surface area is 122 Å². The van der Waals surface area contributed by atoms with Gasteiger partial charge in [0.2, 0.25) is 5.91 Å². The minimum atomic E-state index is -1.70. The number of hydrogen-bond donors (Lipinski definition) is 6. The Kier molecular flexibility index (Phi) is 7.93. The van der Waals surface area contributed by atoms with Gasteiger partial charge in [-0.3, -0.25) is 4.79 Å². The van der Waals surface area contributed by atoms with Crippen molar-refractivity contribution in [3.8, 4) is 0 Å². The van der Waals surface area contributed by atoms with Gasteiger partial charge in [-0.2, -0.15) is 0 Å². The normalized spacial score (nSPS) is 35.1. The number of ether oxygens (including phenoxy) is 1. The largest absolute Gasteiger partial charge is 0.394 e. The lowest BCUT2D eigenvalue weighted by Gasteiger charge is -2.45. The SMILES string of the molecule is C=O.CC(=O)NC1C(O)CC(C)(O)OC1C(O)C(O)CO. The zero-order valence-electron chi connectivity index (χ0n) is 12.0. The van der Waals surface area contributed by atoms with Gasteiger partial charge in [0.25, 0.3) is 0 Å². The smallest absolute Gasteiger partial charge is 0.217 e. The highest BCUT2D eigenvalue weighted by molar-refractivity contribution is 5.73. The third-order valence-electron chi connectivity index (χ3n) is 3.03. The number of aliphatic hydroxyl groups is 5.